The third-order valence-corrected chi connectivity index (χ3v) is 5.58. The number of ether oxygens (including phenoxy) is 1. The molecule has 1 aromatic carbocycles. The zero-order chi connectivity index (χ0) is 11.6. The van der Waals surface area contributed by atoms with Crippen LogP contribution in [-0.2, 0) is 0 Å². The van der Waals surface area contributed by atoms with Gasteiger partial charge in [-0.3, -0.25) is 0 Å². The highest BCUT2D eigenvalue weighted by atomic mass is 79.9. The molecule has 0 N–H and O–H groups in total. The van der Waals surface area contributed by atoms with Gasteiger partial charge in [0.1, 0.15) is 5.75 Å². The van der Waals surface area contributed by atoms with Gasteiger partial charge in [0.15, 0.2) is 0 Å². The lowest BCUT2D eigenvalue weighted by Gasteiger charge is -2.40. The van der Waals surface area contributed by atoms with Crippen molar-refractivity contribution in [3.63, 3.8) is 0 Å². The summed E-state index contributed by atoms with van der Waals surface area (Å²) in [5.41, 5.74) is 0.356. The van der Waals surface area contributed by atoms with Gasteiger partial charge in [-0.1, -0.05) is 28.4 Å². The van der Waals surface area contributed by atoms with Crippen molar-refractivity contribution in [3.05, 3.63) is 27.1 Å². The fourth-order valence-electron chi connectivity index (χ4n) is 1.84. The molecule has 0 aromatic heterocycles. The van der Waals surface area contributed by atoms with Crippen molar-refractivity contribution in [2.45, 2.75) is 19.3 Å². The summed E-state index contributed by atoms with van der Waals surface area (Å²) in [4.78, 5) is 0. The van der Waals surface area contributed by atoms with Crippen molar-refractivity contribution in [3.8, 4) is 5.75 Å². The van der Waals surface area contributed by atoms with E-state index >= 15 is 0 Å². The van der Waals surface area contributed by atoms with Gasteiger partial charge in [-0.25, -0.2) is 0 Å². The molecule has 0 bridgehead atoms. The maximum atomic E-state index is 5.94. The number of hydrogen-bond acceptors (Lipinski definition) is 1. The summed E-state index contributed by atoms with van der Waals surface area (Å²) in [6.45, 7) is 0.791. The Kier molecular flexibility index (Phi) is 4.36. The molecule has 0 saturated heterocycles. The van der Waals surface area contributed by atoms with Gasteiger partial charge in [-0.2, -0.15) is 0 Å². The van der Waals surface area contributed by atoms with Crippen molar-refractivity contribution in [2.75, 3.05) is 11.9 Å². The fourth-order valence-corrected chi connectivity index (χ4v) is 3.79. The quantitative estimate of drug-likeness (QED) is 0.621. The standard InChI is InChI=1S/C12H13Br3O/c13-7-12(5-2-6-12)8-16-11-9(14)3-1-4-10(11)15/h1,3-4H,2,5-8H2. The van der Waals surface area contributed by atoms with E-state index in [4.69, 9.17) is 4.74 Å². The Hall–Kier alpha value is 0.460. The Morgan fingerprint density at radius 3 is 2.25 bits per heavy atom. The van der Waals surface area contributed by atoms with Gasteiger partial charge in [-0.15, -0.1) is 0 Å². The Bertz CT molecular complexity index is 349. The minimum absolute atomic E-state index is 0.356. The van der Waals surface area contributed by atoms with Crippen LogP contribution in [0.5, 0.6) is 5.75 Å². The second-order valence-electron chi connectivity index (χ2n) is 4.33. The summed E-state index contributed by atoms with van der Waals surface area (Å²) >= 11 is 10.6. The van der Waals surface area contributed by atoms with E-state index in [1.807, 2.05) is 18.2 Å². The molecule has 1 saturated carbocycles. The maximum Gasteiger partial charge on any atom is 0.147 e. The van der Waals surface area contributed by atoms with Crippen molar-refractivity contribution < 1.29 is 4.74 Å². The second-order valence-corrected chi connectivity index (χ2v) is 6.60. The Balaban J connectivity index is 2.04. The number of hydrogen-bond donors (Lipinski definition) is 0. The van der Waals surface area contributed by atoms with E-state index in [0.29, 0.717) is 5.41 Å². The van der Waals surface area contributed by atoms with Crippen molar-refractivity contribution in [2.24, 2.45) is 5.41 Å². The minimum atomic E-state index is 0.356. The molecule has 1 fully saturated rings. The van der Waals surface area contributed by atoms with Crippen LogP contribution in [0.25, 0.3) is 0 Å². The first-order valence-electron chi connectivity index (χ1n) is 5.30. The molecule has 1 aromatic rings. The molecule has 0 atom stereocenters. The SMILES string of the molecule is BrCC1(COc2c(Br)cccc2Br)CCC1. The van der Waals surface area contributed by atoms with E-state index < -0.39 is 0 Å². The van der Waals surface area contributed by atoms with Gasteiger partial charge in [0.25, 0.3) is 0 Å². The summed E-state index contributed by atoms with van der Waals surface area (Å²) in [5.74, 6) is 0.912. The molecule has 16 heavy (non-hydrogen) atoms. The van der Waals surface area contributed by atoms with Crippen molar-refractivity contribution >= 4 is 47.8 Å². The molecule has 4 heteroatoms. The van der Waals surface area contributed by atoms with E-state index in [1.165, 1.54) is 19.3 Å². The first-order chi connectivity index (χ1) is 7.67. The molecule has 0 heterocycles. The predicted octanol–water partition coefficient (Wildman–Crippen LogP) is 5.16. The zero-order valence-corrected chi connectivity index (χ0v) is 13.6. The number of alkyl halides is 1. The largest absolute Gasteiger partial charge is 0.491 e. The van der Waals surface area contributed by atoms with Crippen LogP contribution in [0.15, 0.2) is 27.1 Å². The fraction of sp³-hybridized carbons (Fsp3) is 0.500. The molecule has 0 amide bonds. The molecule has 88 valence electrons. The van der Waals surface area contributed by atoms with E-state index in [2.05, 4.69) is 47.8 Å². The first kappa shape index (κ1) is 12.9. The van der Waals surface area contributed by atoms with Gasteiger partial charge in [-0.05, 0) is 56.8 Å². The van der Waals surface area contributed by atoms with Gasteiger partial charge in [0, 0.05) is 10.7 Å². The minimum Gasteiger partial charge on any atom is -0.491 e. The van der Waals surface area contributed by atoms with Crippen molar-refractivity contribution in [1.82, 2.24) is 0 Å². The maximum absolute atomic E-state index is 5.94. The molecular weight excluding hydrogens is 400 g/mol. The summed E-state index contributed by atoms with van der Waals surface area (Å²) in [6.07, 6.45) is 3.85. The van der Waals surface area contributed by atoms with E-state index in [1.54, 1.807) is 0 Å². The molecule has 1 aliphatic rings. The lowest BCUT2D eigenvalue weighted by molar-refractivity contribution is 0.0829. The predicted molar refractivity (Wildman–Crippen MR) is 77.4 cm³/mol. The van der Waals surface area contributed by atoms with Gasteiger partial charge < -0.3 is 4.74 Å². The third kappa shape index (κ3) is 2.65. The highest BCUT2D eigenvalue weighted by molar-refractivity contribution is 9.11. The van der Waals surface area contributed by atoms with Crippen LogP contribution < -0.4 is 4.74 Å². The third-order valence-electron chi connectivity index (χ3n) is 3.14. The lowest BCUT2D eigenvalue weighted by atomic mass is 9.71. The topological polar surface area (TPSA) is 9.23 Å². The number of benzene rings is 1. The summed E-state index contributed by atoms with van der Waals surface area (Å²) in [7, 11) is 0. The molecular formula is C12H13Br3O. The highest BCUT2D eigenvalue weighted by Crippen LogP contribution is 2.44. The molecule has 2 rings (SSSR count). The van der Waals surface area contributed by atoms with E-state index in [0.717, 1.165) is 26.6 Å². The number of para-hydroxylation sites is 1. The van der Waals surface area contributed by atoms with Crippen LogP contribution in [-0.4, -0.2) is 11.9 Å². The van der Waals surface area contributed by atoms with Crippen LogP contribution >= 0.6 is 47.8 Å². The van der Waals surface area contributed by atoms with Crippen LogP contribution in [0, 0.1) is 5.41 Å². The highest BCUT2D eigenvalue weighted by Gasteiger charge is 2.36. The van der Waals surface area contributed by atoms with Gasteiger partial charge in [0.05, 0.1) is 15.6 Å². The van der Waals surface area contributed by atoms with Gasteiger partial charge in [0.2, 0.25) is 0 Å². The van der Waals surface area contributed by atoms with Crippen molar-refractivity contribution in [1.29, 1.82) is 0 Å². The Morgan fingerprint density at radius 2 is 1.81 bits per heavy atom. The molecule has 1 aliphatic carbocycles. The Morgan fingerprint density at radius 1 is 1.19 bits per heavy atom. The zero-order valence-electron chi connectivity index (χ0n) is 8.81. The lowest BCUT2D eigenvalue weighted by Crippen LogP contribution is -2.37. The van der Waals surface area contributed by atoms with Crippen LogP contribution in [0.3, 0.4) is 0 Å². The molecule has 1 nitrogen and oxygen atoms in total. The monoisotopic (exact) mass is 410 g/mol. The molecule has 0 spiro atoms. The second kappa shape index (κ2) is 5.40. The van der Waals surface area contributed by atoms with Gasteiger partial charge >= 0.3 is 0 Å². The van der Waals surface area contributed by atoms with E-state index in [9.17, 15) is 0 Å². The Labute approximate surface area is 121 Å². The summed E-state index contributed by atoms with van der Waals surface area (Å²) < 4.78 is 7.95. The number of rotatable bonds is 4. The van der Waals surface area contributed by atoms with E-state index in [-0.39, 0.29) is 0 Å². The first-order valence-corrected chi connectivity index (χ1v) is 8.00. The number of halogens is 3. The smallest absolute Gasteiger partial charge is 0.147 e. The van der Waals surface area contributed by atoms with Crippen LogP contribution in [0.1, 0.15) is 19.3 Å². The molecule has 0 unspecified atom stereocenters. The molecule has 0 aliphatic heterocycles. The summed E-state index contributed by atoms with van der Waals surface area (Å²) in [5, 5.41) is 1.03. The molecule has 0 radical (unpaired) electrons. The average Bonchev–Trinajstić information content (AvgIpc) is 2.20. The average molecular weight is 413 g/mol. The van der Waals surface area contributed by atoms with Crippen LogP contribution in [0.4, 0.5) is 0 Å². The summed E-state index contributed by atoms with van der Waals surface area (Å²) in [6, 6.07) is 5.99. The van der Waals surface area contributed by atoms with Crippen LogP contribution in [0.2, 0.25) is 0 Å². The normalized spacial score (nSPS) is 17.9.